The third-order valence-electron chi connectivity index (χ3n) is 4.80. The Labute approximate surface area is 158 Å². The fourth-order valence-electron chi connectivity index (χ4n) is 3.23. The van der Waals surface area contributed by atoms with Gasteiger partial charge in [0.05, 0.1) is 13.5 Å². The number of carbonyl (C=O) groups is 1. The number of carbonyl (C=O) groups excluding carboxylic acids is 1. The zero-order chi connectivity index (χ0) is 19.4. The van der Waals surface area contributed by atoms with E-state index in [2.05, 4.69) is 0 Å². The molecule has 3 aromatic carbocycles. The normalized spacial score (nSPS) is 13.1. The van der Waals surface area contributed by atoms with E-state index in [9.17, 15) is 14.3 Å². The lowest BCUT2D eigenvalue weighted by Crippen LogP contribution is -2.50. The molecule has 1 unspecified atom stereocenters. The lowest BCUT2D eigenvalue weighted by molar-refractivity contribution is -0.129. The molecule has 0 saturated heterocycles. The van der Waals surface area contributed by atoms with Gasteiger partial charge in [-0.1, -0.05) is 36.4 Å². The van der Waals surface area contributed by atoms with Crippen LogP contribution in [-0.2, 0) is 17.8 Å². The van der Waals surface area contributed by atoms with E-state index < -0.39 is 0 Å². The number of quaternary nitrogens is 1. The summed E-state index contributed by atoms with van der Waals surface area (Å²) in [6.45, 7) is 2.41. The molecule has 0 aliphatic heterocycles. The number of nitrogens with zero attached hydrogens (tertiary/aromatic N) is 1. The van der Waals surface area contributed by atoms with Crippen LogP contribution in [0.15, 0.2) is 72.8 Å². The molecule has 3 aromatic rings. The largest absolute Gasteiger partial charge is 0.508 e. The first-order valence-corrected chi connectivity index (χ1v) is 8.85. The Hall–Kier alpha value is -2.98. The van der Waals surface area contributed by atoms with Crippen LogP contribution in [0.3, 0.4) is 0 Å². The molecule has 3 nitrogen and oxygen atoms in total. The molecule has 3 rings (SSSR count). The first kappa shape index (κ1) is 18.8. The Balaban J connectivity index is 1.98. The van der Waals surface area contributed by atoms with Crippen LogP contribution in [0.4, 0.5) is 10.1 Å². The Kier molecular flexibility index (Phi) is 5.38. The molecule has 0 aliphatic rings. The van der Waals surface area contributed by atoms with Gasteiger partial charge in [0.25, 0.3) is 0 Å². The molecule has 27 heavy (non-hydrogen) atoms. The van der Waals surface area contributed by atoms with Gasteiger partial charge in [-0.05, 0) is 48.4 Å². The summed E-state index contributed by atoms with van der Waals surface area (Å²) in [7, 11) is 1.88. The maximum atomic E-state index is 13.3. The molecule has 4 heteroatoms. The average Bonchev–Trinajstić information content (AvgIpc) is 2.63. The van der Waals surface area contributed by atoms with Gasteiger partial charge >= 0.3 is 5.91 Å². The molecule has 0 bridgehead atoms. The molecule has 0 radical (unpaired) electrons. The van der Waals surface area contributed by atoms with Crippen molar-refractivity contribution in [3.63, 3.8) is 0 Å². The van der Waals surface area contributed by atoms with Crippen molar-refractivity contribution < 1.29 is 14.3 Å². The molecule has 1 amide bonds. The number of hydrogen-bond acceptors (Lipinski definition) is 2. The highest BCUT2D eigenvalue weighted by Gasteiger charge is 2.34. The van der Waals surface area contributed by atoms with Crippen molar-refractivity contribution in [2.75, 3.05) is 7.05 Å². The smallest absolute Gasteiger partial charge is 0.323 e. The lowest BCUT2D eigenvalue weighted by atomic mass is 10.1. The second-order valence-electron chi connectivity index (χ2n) is 7.06. The van der Waals surface area contributed by atoms with Gasteiger partial charge in [-0.25, -0.2) is 13.7 Å². The van der Waals surface area contributed by atoms with E-state index in [1.807, 2.05) is 44.3 Å². The molecule has 0 spiro atoms. The van der Waals surface area contributed by atoms with Gasteiger partial charge in [-0.15, -0.1) is 0 Å². The van der Waals surface area contributed by atoms with Crippen LogP contribution < -0.4 is 4.48 Å². The minimum atomic E-state index is -0.318. The Bertz CT molecular complexity index is 953. The van der Waals surface area contributed by atoms with Gasteiger partial charge in [0, 0.05) is 11.6 Å². The van der Waals surface area contributed by atoms with Crippen molar-refractivity contribution in [1.29, 1.82) is 0 Å². The van der Waals surface area contributed by atoms with Crippen molar-refractivity contribution in [1.82, 2.24) is 4.48 Å². The zero-order valence-electron chi connectivity index (χ0n) is 15.5. The summed E-state index contributed by atoms with van der Waals surface area (Å²) in [5, 5.41) is 9.80. The number of aromatic hydroxyl groups is 1. The zero-order valence-corrected chi connectivity index (χ0v) is 15.5. The predicted molar refractivity (Wildman–Crippen MR) is 106 cm³/mol. The van der Waals surface area contributed by atoms with Gasteiger partial charge in [-0.3, -0.25) is 0 Å². The Morgan fingerprint density at radius 1 is 0.963 bits per heavy atom. The van der Waals surface area contributed by atoms with Gasteiger partial charge < -0.3 is 5.11 Å². The average molecular weight is 364 g/mol. The van der Waals surface area contributed by atoms with Gasteiger partial charge in [0.2, 0.25) is 0 Å². The topological polar surface area (TPSA) is 37.3 Å². The molecule has 0 fully saturated rings. The van der Waals surface area contributed by atoms with Crippen molar-refractivity contribution in [2.24, 2.45) is 0 Å². The van der Waals surface area contributed by atoms with E-state index in [0.29, 0.717) is 6.54 Å². The molecule has 0 aromatic heterocycles. The van der Waals surface area contributed by atoms with Crippen LogP contribution in [0.1, 0.15) is 16.7 Å². The fraction of sp³-hybridized carbons (Fsp3) is 0.174. The molecule has 0 aliphatic carbocycles. The monoisotopic (exact) mass is 364 g/mol. The predicted octanol–water partition coefficient (Wildman–Crippen LogP) is 4.75. The molecular formula is C23H23FNO2+. The number of aryl methyl sites for hydroxylation is 1. The first-order chi connectivity index (χ1) is 12.9. The molecular weight excluding hydrogens is 341 g/mol. The van der Waals surface area contributed by atoms with Crippen LogP contribution in [0, 0.1) is 12.7 Å². The minimum Gasteiger partial charge on any atom is -0.508 e. The lowest BCUT2D eigenvalue weighted by Gasteiger charge is -2.32. The summed E-state index contributed by atoms with van der Waals surface area (Å²) in [6, 6.07) is 20.9. The van der Waals surface area contributed by atoms with Crippen LogP contribution >= 0.6 is 0 Å². The summed E-state index contributed by atoms with van der Waals surface area (Å²) < 4.78 is 13.2. The van der Waals surface area contributed by atoms with Gasteiger partial charge in [0.15, 0.2) is 0 Å². The molecule has 1 atom stereocenters. The number of likely N-dealkylation sites (N-methyl/N-ethyl adjacent to an activating group) is 1. The van der Waals surface area contributed by atoms with Crippen molar-refractivity contribution in [3.05, 3.63) is 95.3 Å². The van der Waals surface area contributed by atoms with E-state index in [1.165, 1.54) is 12.1 Å². The highest BCUT2D eigenvalue weighted by atomic mass is 19.1. The second kappa shape index (κ2) is 7.72. The molecule has 138 valence electrons. The summed E-state index contributed by atoms with van der Waals surface area (Å²) in [4.78, 5) is 13.3. The van der Waals surface area contributed by atoms with E-state index in [-0.39, 0.29) is 28.4 Å². The number of benzene rings is 3. The van der Waals surface area contributed by atoms with E-state index in [0.717, 1.165) is 22.4 Å². The number of amides is 1. The van der Waals surface area contributed by atoms with Gasteiger partial charge in [-0.2, -0.15) is 0 Å². The van der Waals surface area contributed by atoms with E-state index in [4.69, 9.17) is 0 Å². The summed E-state index contributed by atoms with van der Waals surface area (Å²) >= 11 is 0. The quantitative estimate of drug-likeness (QED) is 0.664. The van der Waals surface area contributed by atoms with Crippen LogP contribution in [-0.4, -0.2) is 18.1 Å². The van der Waals surface area contributed by atoms with Gasteiger partial charge in [0.1, 0.15) is 23.8 Å². The Morgan fingerprint density at radius 3 is 2.33 bits per heavy atom. The minimum absolute atomic E-state index is 0.00412. The highest BCUT2D eigenvalue weighted by molar-refractivity contribution is 5.89. The fourth-order valence-corrected chi connectivity index (χ4v) is 3.23. The molecule has 0 saturated carbocycles. The van der Waals surface area contributed by atoms with E-state index in [1.54, 1.807) is 30.3 Å². The third-order valence-corrected chi connectivity index (χ3v) is 4.80. The maximum Gasteiger partial charge on any atom is 0.323 e. The SMILES string of the molecule is Cc1cccc([N+](C)(Cc2cccc(O)c2)C(=O)Cc2ccc(F)cc2)c1. The van der Waals surface area contributed by atoms with Crippen LogP contribution in [0.5, 0.6) is 5.75 Å². The number of rotatable bonds is 5. The number of phenolic OH excluding ortho intramolecular Hbond substituents is 1. The van der Waals surface area contributed by atoms with Crippen molar-refractivity contribution in [3.8, 4) is 5.75 Å². The summed E-state index contributed by atoms with van der Waals surface area (Å²) in [6.07, 6.45) is 0.198. The van der Waals surface area contributed by atoms with Crippen LogP contribution in [0.25, 0.3) is 0 Å². The number of halogens is 1. The van der Waals surface area contributed by atoms with Crippen LogP contribution in [0.2, 0.25) is 0 Å². The van der Waals surface area contributed by atoms with E-state index >= 15 is 0 Å². The Morgan fingerprint density at radius 2 is 1.67 bits per heavy atom. The maximum absolute atomic E-state index is 13.3. The highest BCUT2D eigenvalue weighted by Crippen LogP contribution is 2.28. The second-order valence-corrected chi connectivity index (χ2v) is 7.06. The number of hydrogen-bond donors (Lipinski definition) is 1. The summed E-state index contributed by atoms with van der Waals surface area (Å²) in [5.74, 6) is -0.147. The van der Waals surface area contributed by atoms with Crippen molar-refractivity contribution in [2.45, 2.75) is 19.9 Å². The first-order valence-electron chi connectivity index (χ1n) is 8.85. The molecule has 0 heterocycles. The molecule has 1 N–H and O–H groups in total. The summed E-state index contributed by atoms with van der Waals surface area (Å²) in [5.41, 5.74) is 3.59. The van der Waals surface area contributed by atoms with Crippen molar-refractivity contribution >= 4 is 11.6 Å². The number of phenols is 1. The third kappa shape index (κ3) is 4.41. The standard InChI is InChI=1S/C23H22FNO2/c1-17-5-3-7-21(13-17)25(2,16-19-6-4-8-22(26)14-19)23(27)15-18-9-11-20(24)12-10-18/h3-14H,15-16H2,1-2H3/p+1.